The maximum atomic E-state index is 13.3. The van der Waals surface area contributed by atoms with E-state index in [2.05, 4.69) is 30.8 Å². The van der Waals surface area contributed by atoms with Crippen LogP contribution in [0.3, 0.4) is 0 Å². The number of Topliss-reactive ketones (excluding diaryl/α,β-unsaturated/α-hetero) is 1. The second-order valence-electron chi connectivity index (χ2n) is 7.92. The Morgan fingerprint density at radius 1 is 0.973 bits per heavy atom. The lowest BCUT2D eigenvalue weighted by Gasteiger charge is -2.11. The number of amides is 2. The van der Waals surface area contributed by atoms with Crippen LogP contribution in [0.5, 0.6) is 0 Å². The van der Waals surface area contributed by atoms with Crippen molar-refractivity contribution in [1.82, 2.24) is 20.4 Å². The van der Waals surface area contributed by atoms with E-state index in [4.69, 9.17) is 11.6 Å². The summed E-state index contributed by atoms with van der Waals surface area (Å²) in [4.78, 5) is 51.7. The van der Waals surface area contributed by atoms with Crippen molar-refractivity contribution >= 4 is 51.9 Å². The molecule has 4 aromatic rings. The Morgan fingerprint density at radius 3 is 2.32 bits per heavy atom. The summed E-state index contributed by atoms with van der Waals surface area (Å²) in [5.41, 5.74) is 5.10. The number of hydrazone groups is 1. The van der Waals surface area contributed by atoms with Gasteiger partial charge in [-0.25, -0.2) is 10.4 Å². The molecule has 2 amide bonds. The normalized spacial score (nSPS) is 11.2. The largest absolute Gasteiger partial charge is 0.321 e. The summed E-state index contributed by atoms with van der Waals surface area (Å²) in [5, 5.41) is 7.94. The van der Waals surface area contributed by atoms with Crippen molar-refractivity contribution in [2.24, 2.45) is 5.10 Å². The van der Waals surface area contributed by atoms with Crippen molar-refractivity contribution in [2.45, 2.75) is 20.3 Å². The highest BCUT2D eigenvalue weighted by Crippen LogP contribution is 2.28. The Hall–Kier alpha value is -4.28. The second-order valence-corrected chi connectivity index (χ2v) is 9.35. The number of ketones is 1. The van der Waals surface area contributed by atoms with Gasteiger partial charge in [-0.05, 0) is 61.9 Å². The first-order chi connectivity index (χ1) is 17.8. The van der Waals surface area contributed by atoms with Crippen molar-refractivity contribution in [3.63, 3.8) is 0 Å². The molecule has 2 N–H and O–H groups in total. The van der Waals surface area contributed by atoms with Crippen LogP contribution in [0.25, 0.3) is 10.6 Å². The smallest absolute Gasteiger partial charge is 0.272 e. The molecule has 0 spiro atoms. The fraction of sp³-hybridized carbons (Fsp3) is 0.115. The number of anilines is 1. The Bertz CT molecular complexity index is 1490. The van der Waals surface area contributed by atoms with Gasteiger partial charge in [-0.15, -0.1) is 11.3 Å². The molecule has 3 aromatic heterocycles. The average Bonchev–Trinajstić information content (AvgIpc) is 3.30. The number of thiazole rings is 1. The van der Waals surface area contributed by atoms with E-state index in [1.54, 1.807) is 56.6 Å². The van der Waals surface area contributed by atoms with Crippen molar-refractivity contribution in [2.75, 3.05) is 5.32 Å². The predicted molar refractivity (Wildman–Crippen MR) is 143 cm³/mol. The molecule has 1 aromatic carbocycles. The van der Waals surface area contributed by atoms with Crippen LogP contribution in [0.1, 0.15) is 37.7 Å². The van der Waals surface area contributed by atoms with Gasteiger partial charge < -0.3 is 5.32 Å². The van der Waals surface area contributed by atoms with Crippen molar-refractivity contribution in [3.05, 3.63) is 94.0 Å². The lowest BCUT2D eigenvalue weighted by atomic mass is 10.1. The molecular formula is C26H21ClN6O3S. The van der Waals surface area contributed by atoms with Crippen LogP contribution in [0, 0.1) is 13.8 Å². The third-order valence-corrected chi connectivity index (χ3v) is 6.72. The monoisotopic (exact) mass is 532 g/mol. The summed E-state index contributed by atoms with van der Waals surface area (Å²) in [7, 11) is 0. The Labute approximate surface area is 221 Å². The molecule has 0 atom stereocenters. The van der Waals surface area contributed by atoms with Crippen LogP contribution in [-0.4, -0.2) is 38.3 Å². The van der Waals surface area contributed by atoms with Gasteiger partial charge in [-0.2, -0.15) is 5.10 Å². The number of hydrogen-bond acceptors (Lipinski definition) is 8. The lowest BCUT2D eigenvalue weighted by Crippen LogP contribution is -2.29. The van der Waals surface area contributed by atoms with Crippen LogP contribution in [0.4, 0.5) is 5.69 Å². The van der Waals surface area contributed by atoms with E-state index in [1.165, 1.54) is 35.9 Å². The van der Waals surface area contributed by atoms with E-state index in [9.17, 15) is 14.4 Å². The second kappa shape index (κ2) is 11.6. The van der Waals surface area contributed by atoms with E-state index < -0.39 is 11.8 Å². The molecule has 3 heterocycles. The highest BCUT2D eigenvalue weighted by Gasteiger charge is 2.23. The quantitative estimate of drug-likeness (QED) is 0.189. The van der Waals surface area contributed by atoms with Gasteiger partial charge >= 0.3 is 0 Å². The molecule has 0 aliphatic carbocycles. The van der Waals surface area contributed by atoms with Crippen LogP contribution in [0.2, 0.25) is 5.02 Å². The average molecular weight is 533 g/mol. The summed E-state index contributed by atoms with van der Waals surface area (Å²) < 4.78 is 0. The number of aromatic nitrogens is 3. The van der Waals surface area contributed by atoms with Crippen LogP contribution in [0.15, 0.2) is 72.4 Å². The van der Waals surface area contributed by atoms with E-state index in [1.807, 2.05) is 0 Å². The van der Waals surface area contributed by atoms with E-state index in [-0.39, 0.29) is 17.9 Å². The van der Waals surface area contributed by atoms with Gasteiger partial charge in [0.05, 0.1) is 17.0 Å². The first-order valence-corrected chi connectivity index (χ1v) is 12.3. The van der Waals surface area contributed by atoms with E-state index >= 15 is 0 Å². The van der Waals surface area contributed by atoms with Gasteiger partial charge in [0, 0.05) is 46.6 Å². The zero-order valence-electron chi connectivity index (χ0n) is 19.9. The Kier molecular flexibility index (Phi) is 8.11. The van der Waals surface area contributed by atoms with Crippen molar-refractivity contribution in [1.29, 1.82) is 0 Å². The minimum atomic E-state index is -0.634. The number of carbonyl (C=O) groups is 3. The first-order valence-electron chi connectivity index (χ1n) is 11.1. The lowest BCUT2D eigenvalue weighted by molar-refractivity contribution is -0.110. The van der Waals surface area contributed by atoms with Crippen LogP contribution < -0.4 is 10.7 Å². The number of aryl methyl sites for hydroxylation is 2. The minimum Gasteiger partial charge on any atom is -0.321 e. The number of hydrogen-bond donors (Lipinski definition) is 2. The molecule has 0 aliphatic rings. The molecule has 11 heteroatoms. The zero-order valence-corrected chi connectivity index (χ0v) is 21.4. The SMILES string of the molecule is Cc1cc(Cl)ccc1NC(=O)C(CC(=O)c1sc(-c2ccncc2)nc1C)=NNC(=O)c1ccncc1. The van der Waals surface area contributed by atoms with Crippen LogP contribution in [-0.2, 0) is 4.79 Å². The molecule has 0 unspecified atom stereocenters. The predicted octanol–water partition coefficient (Wildman–Crippen LogP) is 4.87. The molecule has 0 aliphatic heterocycles. The van der Waals surface area contributed by atoms with E-state index in [0.717, 1.165) is 11.1 Å². The number of pyridine rings is 2. The van der Waals surface area contributed by atoms with Gasteiger partial charge in [0.1, 0.15) is 10.7 Å². The van der Waals surface area contributed by atoms with Gasteiger partial charge in [0.25, 0.3) is 11.8 Å². The molecule has 0 radical (unpaired) electrons. The molecule has 0 saturated carbocycles. The van der Waals surface area contributed by atoms with Gasteiger partial charge in [0.15, 0.2) is 5.78 Å². The fourth-order valence-electron chi connectivity index (χ4n) is 3.32. The van der Waals surface area contributed by atoms with Crippen molar-refractivity contribution < 1.29 is 14.4 Å². The third-order valence-electron chi connectivity index (χ3n) is 5.24. The molecule has 4 rings (SSSR count). The highest BCUT2D eigenvalue weighted by atomic mass is 35.5. The van der Waals surface area contributed by atoms with Gasteiger partial charge in [-0.3, -0.25) is 24.4 Å². The fourth-order valence-corrected chi connectivity index (χ4v) is 4.56. The zero-order chi connectivity index (χ0) is 26.4. The summed E-state index contributed by atoms with van der Waals surface area (Å²) in [6, 6.07) is 11.6. The number of nitrogens with one attached hydrogen (secondary N) is 2. The highest BCUT2D eigenvalue weighted by molar-refractivity contribution is 7.17. The van der Waals surface area contributed by atoms with Gasteiger partial charge in [0.2, 0.25) is 0 Å². The summed E-state index contributed by atoms with van der Waals surface area (Å²) >= 11 is 7.23. The standard InChI is InChI=1S/C26H21ClN6O3S/c1-15-13-19(27)3-4-20(15)31-25(36)21(32-33-24(35)17-5-9-28-10-6-17)14-22(34)23-16(2)30-26(37-23)18-7-11-29-12-8-18/h3-13H,14H2,1-2H3,(H,31,36)(H,33,35). The molecule has 0 bridgehead atoms. The third kappa shape index (κ3) is 6.49. The van der Waals surface area contributed by atoms with E-state index in [0.29, 0.717) is 31.9 Å². The number of benzene rings is 1. The van der Waals surface area contributed by atoms with Gasteiger partial charge in [-0.1, -0.05) is 11.6 Å². The number of rotatable bonds is 8. The summed E-state index contributed by atoms with van der Waals surface area (Å²) in [6.07, 6.45) is 5.87. The first kappa shape index (κ1) is 25.8. The number of halogens is 1. The summed E-state index contributed by atoms with van der Waals surface area (Å²) in [6.45, 7) is 3.52. The molecule has 9 nitrogen and oxygen atoms in total. The maximum Gasteiger partial charge on any atom is 0.272 e. The Balaban J connectivity index is 1.59. The summed E-state index contributed by atoms with van der Waals surface area (Å²) in [5.74, 6) is -1.53. The van der Waals surface area contributed by atoms with Crippen molar-refractivity contribution in [3.8, 4) is 10.6 Å². The minimum absolute atomic E-state index is 0.167. The van der Waals surface area contributed by atoms with Crippen LogP contribution >= 0.6 is 22.9 Å². The molecular weight excluding hydrogens is 512 g/mol. The molecule has 186 valence electrons. The number of nitrogens with zero attached hydrogens (tertiary/aromatic N) is 4. The molecule has 0 saturated heterocycles. The Morgan fingerprint density at radius 2 is 1.65 bits per heavy atom. The maximum absolute atomic E-state index is 13.3. The topological polar surface area (TPSA) is 126 Å². The molecule has 37 heavy (non-hydrogen) atoms. The molecule has 0 fully saturated rings. The number of carbonyl (C=O) groups excluding carboxylic acids is 3.